The molecule has 0 fully saturated rings. The van der Waals surface area contributed by atoms with Crippen molar-refractivity contribution in [1.82, 2.24) is 5.32 Å². The molecule has 1 aromatic carbocycles. The fourth-order valence-electron chi connectivity index (χ4n) is 2.66. The Morgan fingerprint density at radius 3 is 2.24 bits per heavy atom. The second-order valence-electron chi connectivity index (χ2n) is 7.34. The molecule has 0 heterocycles. The van der Waals surface area contributed by atoms with Crippen LogP contribution >= 0.6 is 0 Å². The highest BCUT2D eigenvalue weighted by Crippen LogP contribution is 2.26. The van der Waals surface area contributed by atoms with Crippen LogP contribution < -0.4 is 10.6 Å². The van der Waals surface area contributed by atoms with Crippen LogP contribution in [0.5, 0.6) is 0 Å². The van der Waals surface area contributed by atoms with E-state index in [1.54, 1.807) is 24.3 Å². The van der Waals surface area contributed by atoms with E-state index < -0.39 is 0 Å². The van der Waals surface area contributed by atoms with E-state index in [9.17, 15) is 9.59 Å². The van der Waals surface area contributed by atoms with Crippen LogP contribution in [-0.4, -0.2) is 17.4 Å². The van der Waals surface area contributed by atoms with Crippen molar-refractivity contribution >= 4 is 17.5 Å². The van der Waals surface area contributed by atoms with Crippen molar-refractivity contribution in [3.05, 3.63) is 29.8 Å². The molecule has 0 saturated carbocycles. The molecule has 0 saturated heterocycles. The van der Waals surface area contributed by atoms with Gasteiger partial charge in [-0.15, -0.1) is 0 Å². The van der Waals surface area contributed by atoms with Crippen molar-refractivity contribution in [1.29, 1.82) is 0 Å². The first kappa shape index (κ1) is 17.2. The Balaban J connectivity index is 2.69. The molecule has 4 heteroatoms. The van der Waals surface area contributed by atoms with E-state index in [0.717, 1.165) is 6.42 Å². The van der Waals surface area contributed by atoms with Gasteiger partial charge in [-0.1, -0.05) is 32.9 Å². The molecule has 2 N–H and O–H groups in total. The zero-order valence-corrected chi connectivity index (χ0v) is 13.8. The summed E-state index contributed by atoms with van der Waals surface area (Å²) in [5.74, 6) is -0.0212. The maximum Gasteiger partial charge on any atom is 0.319 e. The molecular formula is C17H26N2O2. The van der Waals surface area contributed by atoms with Crippen molar-refractivity contribution in [2.75, 3.05) is 5.32 Å². The van der Waals surface area contributed by atoms with Gasteiger partial charge in [0.1, 0.15) is 0 Å². The number of urea groups is 1. The van der Waals surface area contributed by atoms with E-state index in [0.29, 0.717) is 11.3 Å². The van der Waals surface area contributed by atoms with Gasteiger partial charge in [0.15, 0.2) is 5.78 Å². The number of nitrogens with one attached hydrogen (secondary N) is 2. The number of carbonyl (C=O) groups excluding carboxylic acids is 2. The van der Waals surface area contributed by atoms with Crippen molar-refractivity contribution in [3.63, 3.8) is 0 Å². The Hall–Kier alpha value is -1.84. The lowest BCUT2D eigenvalue weighted by Gasteiger charge is -2.33. The maximum absolute atomic E-state index is 12.1. The summed E-state index contributed by atoms with van der Waals surface area (Å²) in [7, 11) is 0. The van der Waals surface area contributed by atoms with Crippen molar-refractivity contribution in [2.24, 2.45) is 5.41 Å². The Bertz CT molecular complexity index is 528. The predicted molar refractivity (Wildman–Crippen MR) is 86.8 cm³/mol. The first-order chi connectivity index (χ1) is 9.48. The minimum atomic E-state index is -0.305. The third-order valence-electron chi connectivity index (χ3n) is 2.95. The number of rotatable bonds is 4. The van der Waals surface area contributed by atoms with Gasteiger partial charge in [-0.2, -0.15) is 0 Å². The lowest BCUT2D eigenvalue weighted by Crippen LogP contribution is -2.47. The minimum Gasteiger partial charge on any atom is -0.333 e. The summed E-state index contributed by atoms with van der Waals surface area (Å²) in [4.78, 5) is 23.4. The number of benzene rings is 1. The number of ketones is 1. The molecule has 0 aliphatic carbocycles. The Morgan fingerprint density at radius 1 is 1.10 bits per heavy atom. The number of amides is 2. The van der Waals surface area contributed by atoms with E-state index in [1.807, 2.05) is 13.8 Å². The molecule has 21 heavy (non-hydrogen) atoms. The fraction of sp³-hybridized carbons (Fsp3) is 0.529. The Kier molecular flexibility index (Phi) is 5.15. The van der Waals surface area contributed by atoms with Gasteiger partial charge in [0.25, 0.3) is 0 Å². The summed E-state index contributed by atoms with van der Waals surface area (Å²) >= 11 is 0. The Labute approximate surface area is 127 Å². The average molecular weight is 290 g/mol. The molecule has 1 aromatic rings. The SMILES string of the molecule is CC(=O)c1cccc(NC(=O)NC(C)(C)CC(C)(C)C)c1. The van der Waals surface area contributed by atoms with Gasteiger partial charge >= 0.3 is 6.03 Å². The van der Waals surface area contributed by atoms with E-state index >= 15 is 0 Å². The van der Waals surface area contributed by atoms with Gasteiger partial charge in [-0.25, -0.2) is 4.79 Å². The first-order valence-corrected chi connectivity index (χ1v) is 7.19. The monoisotopic (exact) mass is 290 g/mol. The summed E-state index contributed by atoms with van der Waals surface area (Å²) in [5, 5.41) is 5.75. The summed E-state index contributed by atoms with van der Waals surface area (Å²) in [6, 6.07) is 6.67. The van der Waals surface area contributed by atoms with Crippen LogP contribution in [0.2, 0.25) is 0 Å². The smallest absolute Gasteiger partial charge is 0.319 e. The summed E-state index contributed by atoms with van der Waals surface area (Å²) < 4.78 is 0. The highest BCUT2D eigenvalue weighted by Gasteiger charge is 2.26. The summed E-state index contributed by atoms with van der Waals surface area (Å²) in [5.41, 5.74) is 1.03. The van der Waals surface area contributed by atoms with Crippen molar-refractivity contribution in [2.45, 2.75) is 53.5 Å². The molecule has 0 aromatic heterocycles. The summed E-state index contributed by atoms with van der Waals surface area (Å²) in [6.07, 6.45) is 0.862. The molecule has 0 bridgehead atoms. The number of hydrogen-bond donors (Lipinski definition) is 2. The summed E-state index contributed by atoms with van der Waals surface area (Å²) in [6.45, 7) is 11.9. The predicted octanol–water partition coefficient (Wildman–Crippen LogP) is 4.23. The van der Waals surface area contributed by atoms with Gasteiger partial charge in [0, 0.05) is 16.8 Å². The Morgan fingerprint density at radius 2 is 1.71 bits per heavy atom. The molecule has 1 rings (SSSR count). The largest absolute Gasteiger partial charge is 0.333 e. The van der Waals surface area contributed by atoms with E-state index in [-0.39, 0.29) is 22.8 Å². The van der Waals surface area contributed by atoms with Crippen LogP contribution in [0.1, 0.15) is 58.3 Å². The van der Waals surface area contributed by atoms with Gasteiger partial charge in [0.05, 0.1) is 0 Å². The number of Topliss-reactive ketones (excluding diaryl/α,β-unsaturated/α-hetero) is 1. The van der Waals surface area contributed by atoms with Gasteiger partial charge < -0.3 is 10.6 Å². The van der Waals surface area contributed by atoms with Gasteiger partial charge in [0.2, 0.25) is 0 Å². The molecule has 116 valence electrons. The molecule has 0 radical (unpaired) electrons. The van der Waals surface area contributed by atoms with Crippen LogP contribution in [-0.2, 0) is 0 Å². The molecule has 0 aliphatic rings. The van der Waals surface area contributed by atoms with Crippen LogP contribution in [0, 0.1) is 5.41 Å². The maximum atomic E-state index is 12.1. The van der Waals surface area contributed by atoms with Gasteiger partial charge in [-0.05, 0) is 44.7 Å². The van der Waals surface area contributed by atoms with E-state index in [1.165, 1.54) is 6.92 Å². The first-order valence-electron chi connectivity index (χ1n) is 7.19. The van der Waals surface area contributed by atoms with Crippen molar-refractivity contribution < 1.29 is 9.59 Å². The lowest BCUT2D eigenvalue weighted by molar-refractivity contribution is 0.101. The molecule has 2 amide bonds. The number of anilines is 1. The molecule has 0 spiro atoms. The van der Waals surface area contributed by atoms with Crippen LogP contribution in [0.25, 0.3) is 0 Å². The second kappa shape index (κ2) is 6.29. The zero-order chi connectivity index (χ0) is 16.3. The van der Waals surface area contributed by atoms with E-state index in [4.69, 9.17) is 0 Å². The molecule has 0 atom stereocenters. The van der Waals surface area contributed by atoms with Crippen LogP contribution in [0.3, 0.4) is 0 Å². The lowest BCUT2D eigenvalue weighted by atomic mass is 9.82. The quantitative estimate of drug-likeness (QED) is 0.815. The third-order valence-corrected chi connectivity index (χ3v) is 2.95. The third kappa shape index (κ3) is 6.43. The standard InChI is InChI=1S/C17H26N2O2/c1-12(20)13-8-7-9-14(10-13)18-15(21)19-17(5,6)11-16(2,3)4/h7-10H,11H2,1-6H3,(H2,18,19,21). The zero-order valence-electron chi connectivity index (χ0n) is 13.8. The molecule has 0 aliphatic heterocycles. The van der Waals surface area contributed by atoms with Crippen LogP contribution in [0.4, 0.5) is 10.5 Å². The average Bonchev–Trinajstić information content (AvgIpc) is 2.24. The van der Waals surface area contributed by atoms with Gasteiger partial charge in [-0.3, -0.25) is 4.79 Å². The fourth-order valence-corrected chi connectivity index (χ4v) is 2.66. The highest BCUT2D eigenvalue weighted by molar-refractivity contribution is 5.96. The van der Waals surface area contributed by atoms with Crippen LogP contribution in [0.15, 0.2) is 24.3 Å². The number of hydrogen-bond acceptors (Lipinski definition) is 2. The highest BCUT2D eigenvalue weighted by atomic mass is 16.2. The molecular weight excluding hydrogens is 264 g/mol. The normalized spacial score (nSPS) is 11.9. The topological polar surface area (TPSA) is 58.2 Å². The number of carbonyl (C=O) groups is 2. The molecule has 0 unspecified atom stereocenters. The van der Waals surface area contributed by atoms with E-state index in [2.05, 4.69) is 31.4 Å². The second-order valence-corrected chi connectivity index (χ2v) is 7.34. The molecule has 4 nitrogen and oxygen atoms in total. The minimum absolute atomic E-state index is 0.0212. The van der Waals surface area contributed by atoms with Crippen molar-refractivity contribution in [3.8, 4) is 0 Å².